The van der Waals surface area contributed by atoms with Crippen molar-refractivity contribution in [2.75, 3.05) is 10.6 Å². The van der Waals surface area contributed by atoms with E-state index in [0.29, 0.717) is 35.1 Å². The summed E-state index contributed by atoms with van der Waals surface area (Å²) >= 11 is 4.69. The first kappa shape index (κ1) is 27.7. The highest BCUT2D eigenvalue weighted by atomic mass is 127. The fourth-order valence-corrected chi connectivity index (χ4v) is 6.58. The molecule has 0 spiro atoms. The van der Waals surface area contributed by atoms with Gasteiger partial charge in [0.05, 0.1) is 11.9 Å². The lowest BCUT2D eigenvalue weighted by Gasteiger charge is -2.31. The molecule has 0 aliphatic heterocycles. The van der Waals surface area contributed by atoms with E-state index in [4.69, 9.17) is 9.97 Å². The number of imidazole rings is 1. The van der Waals surface area contributed by atoms with Gasteiger partial charge in [-0.15, -0.1) is 0 Å². The molecule has 204 valence electrons. The molecule has 2 heterocycles. The first-order valence-electron chi connectivity index (χ1n) is 12.9. The molecule has 2 aromatic heterocycles. The van der Waals surface area contributed by atoms with Crippen LogP contribution >= 0.6 is 45.7 Å². The highest BCUT2D eigenvalue weighted by Crippen LogP contribution is 2.36. The summed E-state index contributed by atoms with van der Waals surface area (Å²) in [7, 11) is 0. The van der Waals surface area contributed by atoms with E-state index in [1.807, 2.05) is 4.57 Å². The Morgan fingerprint density at radius 3 is 2.39 bits per heavy atom. The normalized spacial score (nSPS) is 23.9. The second kappa shape index (κ2) is 12.1. The van der Waals surface area contributed by atoms with Gasteiger partial charge in [0.2, 0.25) is 17.8 Å². The molecule has 38 heavy (non-hydrogen) atoms. The standard InChI is InChI=1S/C25H30F2I2N8O/c1-14(38)31-16-3-7-18(8-4-16)36-23-22(34-25(36)33-21-11-2-15(26)12-20(21)27)13-30-24(35-23)32-17-5-9-19(10-6-17)37(28)29/h2,11-13,16-19H,3-10H2,1H3,(H,31,38)(H,33,34)(H,30,32,35)/t16-,17-,18-,19-. The summed E-state index contributed by atoms with van der Waals surface area (Å²) in [6.07, 6.45) is 9.23. The van der Waals surface area contributed by atoms with Gasteiger partial charge in [-0.05, 0) is 63.5 Å². The molecular weight excluding hydrogens is 720 g/mol. The summed E-state index contributed by atoms with van der Waals surface area (Å²) in [5, 5.41) is 9.58. The summed E-state index contributed by atoms with van der Waals surface area (Å²) in [5.74, 6) is -0.381. The van der Waals surface area contributed by atoms with E-state index in [2.05, 4.69) is 68.0 Å². The van der Waals surface area contributed by atoms with Gasteiger partial charge in [0.15, 0.2) is 5.65 Å². The Bertz CT molecular complexity index is 1290. The first-order valence-corrected chi connectivity index (χ1v) is 14.8. The predicted octanol–water partition coefficient (Wildman–Crippen LogP) is 6.19. The minimum absolute atomic E-state index is 0.0298. The first-order chi connectivity index (χ1) is 18.3. The largest absolute Gasteiger partial charge is 0.354 e. The van der Waals surface area contributed by atoms with Crippen molar-refractivity contribution in [2.24, 2.45) is 0 Å². The SMILES string of the molecule is CC(=O)N[C@H]1CC[C@H](n2c(Nc3ccc(F)cc3F)nc3cnc(N[C@H]4CC[C@H](N(I)I)CC4)nc32)CC1. The number of fused-ring (bicyclic) bond motifs is 1. The third-order valence-electron chi connectivity index (χ3n) is 7.39. The summed E-state index contributed by atoms with van der Waals surface area (Å²) in [5.41, 5.74) is 1.39. The molecule has 0 radical (unpaired) electrons. The minimum Gasteiger partial charge on any atom is -0.354 e. The number of hydrogen-bond donors (Lipinski definition) is 3. The van der Waals surface area contributed by atoms with Crippen molar-refractivity contribution in [3.8, 4) is 0 Å². The van der Waals surface area contributed by atoms with Gasteiger partial charge in [-0.1, -0.05) is 0 Å². The van der Waals surface area contributed by atoms with Crippen LogP contribution in [0.5, 0.6) is 0 Å². The number of nitrogens with zero attached hydrogens (tertiary/aromatic N) is 5. The molecular formula is C25H30F2I2N8O. The Hall–Kier alpha value is -1.88. The van der Waals surface area contributed by atoms with Gasteiger partial charge in [0.25, 0.3) is 0 Å². The average Bonchev–Trinajstić information content (AvgIpc) is 3.23. The molecule has 0 bridgehead atoms. The molecule has 2 aliphatic carbocycles. The molecule has 3 N–H and O–H groups in total. The zero-order chi connectivity index (χ0) is 26.8. The van der Waals surface area contributed by atoms with Crippen molar-refractivity contribution in [1.82, 2.24) is 26.2 Å². The van der Waals surface area contributed by atoms with Gasteiger partial charge in [0.1, 0.15) is 17.2 Å². The molecule has 0 saturated heterocycles. The zero-order valence-electron chi connectivity index (χ0n) is 20.9. The molecule has 2 aliphatic rings. The number of halogens is 4. The lowest BCUT2D eigenvalue weighted by molar-refractivity contribution is -0.119. The summed E-state index contributed by atoms with van der Waals surface area (Å²) in [4.78, 5) is 25.6. The van der Waals surface area contributed by atoms with Crippen LogP contribution in [0.1, 0.15) is 64.3 Å². The van der Waals surface area contributed by atoms with Crippen molar-refractivity contribution in [3.05, 3.63) is 36.0 Å². The summed E-state index contributed by atoms with van der Waals surface area (Å²) in [6, 6.07) is 4.48. The topological polar surface area (TPSA) is 100 Å². The molecule has 5 rings (SSSR count). The van der Waals surface area contributed by atoms with Crippen molar-refractivity contribution in [1.29, 1.82) is 0 Å². The monoisotopic (exact) mass is 750 g/mol. The third-order valence-corrected chi connectivity index (χ3v) is 8.96. The third kappa shape index (κ3) is 6.46. The van der Waals surface area contributed by atoms with Crippen LogP contribution in [0, 0.1) is 11.6 Å². The molecule has 1 aromatic carbocycles. The van der Waals surface area contributed by atoms with Crippen LogP contribution in [0.3, 0.4) is 0 Å². The maximum absolute atomic E-state index is 14.5. The fraction of sp³-hybridized carbons (Fsp3) is 0.520. The Labute approximate surface area is 247 Å². The second-order valence-corrected chi connectivity index (χ2v) is 14.0. The Morgan fingerprint density at radius 1 is 1.03 bits per heavy atom. The van der Waals surface area contributed by atoms with Crippen LogP contribution in [0.25, 0.3) is 11.2 Å². The lowest BCUT2D eigenvalue weighted by atomic mass is 9.91. The van der Waals surface area contributed by atoms with Gasteiger partial charge in [-0.25, -0.2) is 18.7 Å². The van der Waals surface area contributed by atoms with Crippen LogP contribution in [0.15, 0.2) is 24.4 Å². The number of amides is 1. The number of carbonyl (C=O) groups excluding carboxylic acids is 1. The quantitative estimate of drug-likeness (QED) is 0.196. The van der Waals surface area contributed by atoms with E-state index in [0.717, 1.165) is 57.4 Å². The van der Waals surface area contributed by atoms with E-state index in [9.17, 15) is 13.6 Å². The van der Waals surface area contributed by atoms with Crippen LogP contribution in [-0.4, -0.2) is 44.9 Å². The molecule has 0 unspecified atom stereocenters. The molecule has 1 amide bonds. The number of aromatic nitrogens is 4. The number of benzene rings is 1. The highest BCUT2D eigenvalue weighted by molar-refractivity contribution is 14.2. The Kier molecular flexibility index (Phi) is 8.82. The summed E-state index contributed by atoms with van der Waals surface area (Å²) < 4.78 is 32.3. The minimum atomic E-state index is -0.696. The van der Waals surface area contributed by atoms with Crippen molar-refractivity contribution in [2.45, 2.75) is 82.5 Å². The predicted molar refractivity (Wildman–Crippen MR) is 160 cm³/mol. The van der Waals surface area contributed by atoms with Gasteiger partial charge in [-0.2, -0.15) is 6.31 Å². The smallest absolute Gasteiger partial charge is 0.224 e. The van der Waals surface area contributed by atoms with Crippen LogP contribution < -0.4 is 16.0 Å². The van der Waals surface area contributed by atoms with Crippen molar-refractivity contribution >= 4 is 80.4 Å². The van der Waals surface area contributed by atoms with Gasteiger partial charge in [-0.3, -0.25) is 9.36 Å². The van der Waals surface area contributed by atoms with Crippen LogP contribution in [0.2, 0.25) is 0 Å². The second-order valence-electron chi connectivity index (χ2n) is 10.1. The lowest BCUT2D eigenvalue weighted by Crippen LogP contribution is -2.36. The van der Waals surface area contributed by atoms with Crippen LogP contribution in [-0.2, 0) is 4.79 Å². The average molecular weight is 750 g/mol. The van der Waals surface area contributed by atoms with Gasteiger partial charge >= 0.3 is 0 Å². The highest BCUT2D eigenvalue weighted by Gasteiger charge is 2.28. The molecule has 3 aromatic rings. The van der Waals surface area contributed by atoms with Gasteiger partial charge in [0, 0.05) is 82.9 Å². The van der Waals surface area contributed by atoms with Crippen LogP contribution in [0.4, 0.5) is 26.4 Å². The van der Waals surface area contributed by atoms with E-state index in [1.54, 1.807) is 6.20 Å². The number of hydrogen-bond acceptors (Lipinski definition) is 7. The summed E-state index contributed by atoms with van der Waals surface area (Å²) in [6.45, 7) is 1.53. The number of carbonyl (C=O) groups is 1. The molecule has 13 heteroatoms. The molecule has 2 fully saturated rings. The van der Waals surface area contributed by atoms with E-state index in [-0.39, 0.29) is 23.7 Å². The van der Waals surface area contributed by atoms with Crippen molar-refractivity contribution in [3.63, 3.8) is 0 Å². The van der Waals surface area contributed by atoms with E-state index >= 15 is 0 Å². The molecule has 9 nitrogen and oxygen atoms in total. The maximum Gasteiger partial charge on any atom is 0.224 e. The van der Waals surface area contributed by atoms with E-state index < -0.39 is 11.6 Å². The Morgan fingerprint density at radius 2 is 1.74 bits per heavy atom. The van der Waals surface area contributed by atoms with E-state index in [1.165, 1.54) is 19.1 Å². The Balaban J connectivity index is 1.42. The van der Waals surface area contributed by atoms with Gasteiger partial charge < -0.3 is 16.0 Å². The zero-order valence-corrected chi connectivity index (χ0v) is 25.2. The fourth-order valence-electron chi connectivity index (χ4n) is 5.47. The maximum atomic E-state index is 14.5. The number of anilines is 3. The molecule has 0 atom stereocenters. The molecule has 2 saturated carbocycles. The van der Waals surface area contributed by atoms with Crippen molar-refractivity contribution < 1.29 is 13.6 Å². The number of rotatable bonds is 7. The number of nitrogens with one attached hydrogen (secondary N) is 3.